The lowest BCUT2D eigenvalue weighted by molar-refractivity contribution is -0.135. The summed E-state index contributed by atoms with van der Waals surface area (Å²) in [6, 6.07) is 8.77. The van der Waals surface area contributed by atoms with Crippen molar-refractivity contribution in [3.8, 4) is 0 Å². The maximum atomic E-state index is 12.7. The second kappa shape index (κ2) is 12.1. The van der Waals surface area contributed by atoms with Gasteiger partial charge in [0.2, 0.25) is 17.7 Å². The van der Waals surface area contributed by atoms with Gasteiger partial charge in [0.1, 0.15) is 6.04 Å². The zero-order valence-electron chi connectivity index (χ0n) is 16.7. The first-order valence-electron chi connectivity index (χ1n) is 9.32. The predicted octanol–water partition coefficient (Wildman–Crippen LogP) is 0.697. The molecule has 0 aliphatic carbocycles. The third kappa shape index (κ3) is 8.68. The Bertz CT molecular complexity index is 605. The molecule has 0 aromatic heterocycles. The molecule has 1 aromatic carbocycles. The van der Waals surface area contributed by atoms with Crippen LogP contribution in [0.25, 0.3) is 0 Å². The molecule has 0 aliphatic heterocycles. The number of benzene rings is 1. The van der Waals surface area contributed by atoms with Gasteiger partial charge < -0.3 is 20.9 Å². The van der Waals surface area contributed by atoms with Crippen molar-refractivity contribution in [2.75, 3.05) is 27.7 Å². The number of likely N-dealkylation sites (N-methyl/N-ethyl adjacent to an activating group) is 2. The van der Waals surface area contributed by atoms with Crippen LogP contribution in [0.5, 0.6) is 0 Å². The third-order valence-electron chi connectivity index (χ3n) is 4.30. The normalized spacial score (nSPS) is 12.7. The Balaban J connectivity index is 2.64. The Morgan fingerprint density at radius 3 is 2.26 bits per heavy atom. The smallest absolute Gasteiger partial charge is 0.244 e. The number of hydrogen-bond acceptors (Lipinski definition) is 4. The first-order valence-corrected chi connectivity index (χ1v) is 9.32. The van der Waals surface area contributed by atoms with E-state index in [4.69, 9.17) is 0 Å². The van der Waals surface area contributed by atoms with E-state index in [1.165, 1.54) is 11.8 Å². The lowest BCUT2D eigenvalue weighted by Gasteiger charge is -2.24. The Hall–Kier alpha value is -2.41. The molecule has 0 unspecified atom stereocenters. The molecule has 1 aromatic rings. The maximum Gasteiger partial charge on any atom is 0.244 e. The number of carbonyl (C=O) groups excluding carboxylic acids is 3. The molecule has 0 heterocycles. The second-order valence-corrected chi connectivity index (χ2v) is 6.80. The molecular formula is C20H32N4O3. The lowest BCUT2D eigenvalue weighted by atomic mass is 10.0. The van der Waals surface area contributed by atoms with E-state index in [0.717, 1.165) is 18.4 Å². The van der Waals surface area contributed by atoms with Crippen molar-refractivity contribution in [2.45, 2.75) is 44.7 Å². The number of carbonyl (C=O) groups is 3. The highest BCUT2D eigenvalue weighted by Gasteiger charge is 2.25. The highest BCUT2D eigenvalue weighted by atomic mass is 16.2. The van der Waals surface area contributed by atoms with Crippen molar-refractivity contribution >= 4 is 17.7 Å². The van der Waals surface area contributed by atoms with E-state index < -0.39 is 12.1 Å². The average molecular weight is 377 g/mol. The first kappa shape index (κ1) is 22.6. The summed E-state index contributed by atoms with van der Waals surface area (Å²) in [6.07, 6.45) is 2.57. The molecule has 0 radical (unpaired) electrons. The van der Waals surface area contributed by atoms with Gasteiger partial charge in [0, 0.05) is 27.6 Å². The van der Waals surface area contributed by atoms with Crippen LogP contribution in [0.3, 0.4) is 0 Å². The number of nitrogens with zero attached hydrogens (tertiary/aromatic N) is 1. The summed E-state index contributed by atoms with van der Waals surface area (Å²) in [4.78, 5) is 37.5. The Kier molecular flexibility index (Phi) is 10.1. The van der Waals surface area contributed by atoms with Crippen LogP contribution >= 0.6 is 0 Å². The fourth-order valence-electron chi connectivity index (χ4n) is 2.75. The molecule has 0 fully saturated rings. The Labute approximate surface area is 161 Å². The van der Waals surface area contributed by atoms with Crippen molar-refractivity contribution in [3.63, 3.8) is 0 Å². The Morgan fingerprint density at radius 1 is 1.04 bits per heavy atom. The number of nitrogens with one attached hydrogen (secondary N) is 3. The van der Waals surface area contributed by atoms with E-state index in [-0.39, 0.29) is 17.7 Å². The van der Waals surface area contributed by atoms with Crippen molar-refractivity contribution in [3.05, 3.63) is 35.9 Å². The minimum Gasteiger partial charge on any atom is -0.356 e. The van der Waals surface area contributed by atoms with Crippen molar-refractivity contribution in [1.29, 1.82) is 0 Å². The van der Waals surface area contributed by atoms with Gasteiger partial charge >= 0.3 is 0 Å². The van der Waals surface area contributed by atoms with E-state index in [1.807, 2.05) is 30.3 Å². The fourth-order valence-corrected chi connectivity index (χ4v) is 2.75. The maximum absolute atomic E-state index is 12.7. The largest absolute Gasteiger partial charge is 0.356 e. The quantitative estimate of drug-likeness (QED) is 0.496. The fraction of sp³-hybridized carbons (Fsp3) is 0.550. The second-order valence-electron chi connectivity index (χ2n) is 6.80. The molecule has 3 amide bonds. The van der Waals surface area contributed by atoms with E-state index in [1.54, 1.807) is 21.1 Å². The van der Waals surface area contributed by atoms with Crippen LogP contribution < -0.4 is 16.0 Å². The number of unbranched alkanes of at least 4 members (excludes halogenated alkanes) is 1. The van der Waals surface area contributed by atoms with E-state index in [2.05, 4.69) is 16.0 Å². The van der Waals surface area contributed by atoms with Gasteiger partial charge in [0.15, 0.2) is 0 Å². The third-order valence-corrected chi connectivity index (χ3v) is 4.30. The average Bonchev–Trinajstić information content (AvgIpc) is 2.64. The first-order chi connectivity index (χ1) is 12.8. The molecule has 150 valence electrons. The highest BCUT2D eigenvalue weighted by Crippen LogP contribution is 2.07. The van der Waals surface area contributed by atoms with Gasteiger partial charge in [-0.2, -0.15) is 0 Å². The molecule has 3 N–H and O–H groups in total. The molecule has 0 saturated heterocycles. The molecular weight excluding hydrogens is 344 g/mol. The molecule has 0 saturated carbocycles. The monoisotopic (exact) mass is 376 g/mol. The summed E-state index contributed by atoms with van der Waals surface area (Å²) in [5, 5.41) is 8.65. The zero-order valence-corrected chi connectivity index (χ0v) is 16.7. The van der Waals surface area contributed by atoms with Crippen LogP contribution in [0.4, 0.5) is 0 Å². The molecule has 1 rings (SSSR count). The van der Waals surface area contributed by atoms with E-state index in [9.17, 15) is 14.4 Å². The van der Waals surface area contributed by atoms with Gasteiger partial charge in [-0.15, -0.1) is 0 Å². The zero-order chi connectivity index (χ0) is 20.2. The van der Waals surface area contributed by atoms with Crippen LogP contribution in [0.1, 0.15) is 31.7 Å². The summed E-state index contributed by atoms with van der Waals surface area (Å²) >= 11 is 0. The summed E-state index contributed by atoms with van der Waals surface area (Å²) in [6.45, 7) is 2.04. The SMILES string of the molecule is CN[C@H](Cc1ccccc1)C(=O)N[C@@H](CCCCNC(C)=O)C(=O)N(C)C. The Morgan fingerprint density at radius 2 is 1.70 bits per heavy atom. The molecule has 7 nitrogen and oxygen atoms in total. The highest BCUT2D eigenvalue weighted by molar-refractivity contribution is 5.89. The predicted molar refractivity (Wildman–Crippen MR) is 106 cm³/mol. The van der Waals surface area contributed by atoms with E-state index >= 15 is 0 Å². The number of rotatable bonds is 11. The van der Waals surface area contributed by atoms with Gasteiger partial charge in [-0.1, -0.05) is 30.3 Å². The van der Waals surface area contributed by atoms with Crippen molar-refractivity contribution < 1.29 is 14.4 Å². The van der Waals surface area contributed by atoms with Crippen LogP contribution in [0, 0.1) is 0 Å². The van der Waals surface area contributed by atoms with Gasteiger partial charge in [0.05, 0.1) is 6.04 Å². The molecule has 27 heavy (non-hydrogen) atoms. The number of amides is 3. The molecule has 0 bridgehead atoms. The molecule has 2 atom stereocenters. The summed E-state index contributed by atoms with van der Waals surface area (Å²) in [5.74, 6) is -0.386. The van der Waals surface area contributed by atoms with Gasteiger partial charge in [-0.05, 0) is 38.3 Å². The summed E-state index contributed by atoms with van der Waals surface area (Å²) in [5.41, 5.74) is 1.05. The van der Waals surface area contributed by atoms with Crippen LogP contribution in [-0.4, -0.2) is 62.4 Å². The van der Waals surface area contributed by atoms with Gasteiger partial charge in [-0.3, -0.25) is 14.4 Å². The topological polar surface area (TPSA) is 90.5 Å². The van der Waals surface area contributed by atoms with Crippen LogP contribution in [0.2, 0.25) is 0 Å². The van der Waals surface area contributed by atoms with E-state index in [0.29, 0.717) is 19.4 Å². The van der Waals surface area contributed by atoms with Gasteiger partial charge in [0.25, 0.3) is 0 Å². The number of hydrogen-bond donors (Lipinski definition) is 3. The van der Waals surface area contributed by atoms with Crippen molar-refractivity contribution in [1.82, 2.24) is 20.9 Å². The standard InChI is InChI=1S/C20H32N4O3/c1-15(25)22-13-9-8-12-17(20(27)24(3)4)23-19(26)18(21-2)14-16-10-6-5-7-11-16/h5-7,10-11,17-18,21H,8-9,12-14H2,1-4H3,(H,22,25)(H,23,26)/t17-,18+/m0/s1. The minimum atomic E-state index is -0.573. The van der Waals surface area contributed by atoms with Crippen LogP contribution in [-0.2, 0) is 20.8 Å². The van der Waals surface area contributed by atoms with Gasteiger partial charge in [-0.25, -0.2) is 0 Å². The van der Waals surface area contributed by atoms with Crippen LogP contribution in [0.15, 0.2) is 30.3 Å². The van der Waals surface area contributed by atoms with Crippen molar-refractivity contribution in [2.24, 2.45) is 0 Å². The molecule has 0 aliphatic rings. The molecule has 0 spiro atoms. The summed E-state index contributed by atoms with van der Waals surface area (Å²) < 4.78 is 0. The minimum absolute atomic E-state index is 0.0676. The lowest BCUT2D eigenvalue weighted by Crippen LogP contribution is -2.52. The molecule has 7 heteroatoms. The summed E-state index contributed by atoms with van der Waals surface area (Å²) in [7, 11) is 5.10.